The van der Waals surface area contributed by atoms with E-state index in [4.69, 9.17) is 5.11 Å². The highest BCUT2D eigenvalue weighted by atomic mass is 19.1. The number of aliphatic hydroxyl groups excluding tert-OH is 1. The maximum atomic E-state index is 12.1. The topological polar surface area (TPSA) is 54.4 Å². The van der Waals surface area contributed by atoms with Crippen molar-refractivity contribution in [1.29, 1.82) is 0 Å². The molecule has 10 heavy (non-hydrogen) atoms. The van der Waals surface area contributed by atoms with Gasteiger partial charge < -0.3 is 5.11 Å². The van der Waals surface area contributed by atoms with Gasteiger partial charge in [0.25, 0.3) is 0 Å². The zero-order valence-corrected chi connectivity index (χ0v) is 5.63. The monoisotopic (exact) mass is 148 g/mol. The van der Waals surface area contributed by atoms with Crippen LogP contribution < -0.4 is 0 Å². The van der Waals surface area contributed by atoms with E-state index in [1.807, 2.05) is 0 Å². The lowest BCUT2D eigenvalue weighted by Gasteiger charge is -1.99. The number of ketones is 2. The van der Waals surface area contributed by atoms with Crippen molar-refractivity contribution in [3.05, 3.63) is 0 Å². The number of Topliss-reactive ketones (excluding diaryl/α,β-unsaturated/α-hetero) is 2. The molecule has 0 fully saturated rings. The Bertz CT molecular complexity index is 144. The average Bonchev–Trinajstić information content (AvgIpc) is 1.87. The Morgan fingerprint density at radius 2 is 2.10 bits per heavy atom. The van der Waals surface area contributed by atoms with Crippen LogP contribution in [0.3, 0.4) is 0 Å². The van der Waals surface area contributed by atoms with Crippen molar-refractivity contribution >= 4 is 11.6 Å². The molecule has 0 heterocycles. The van der Waals surface area contributed by atoms with Gasteiger partial charge in [-0.2, -0.15) is 0 Å². The Balaban J connectivity index is 3.68. The van der Waals surface area contributed by atoms with Gasteiger partial charge in [-0.05, 0) is 0 Å². The Hall–Kier alpha value is -0.770. The molecule has 1 atom stereocenters. The molecule has 0 bridgehead atoms. The molecule has 3 nitrogen and oxygen atoms in total. The minimum atomic E-state index is -1.60. The molecule has 1 N–H and O–H groups in total. The standard InChI is InChI=1S/C6H9FO3/c1-4(9)6(10)2-5(7)3-8/h5,8H,2-3H2,1H3/t5-/m0/s1. The summed E-state index contributed by atoms with van der Waals surface area (Å²) in [5.74, 6) is -1.45. The van der Waals surface area contributed by atoms with E-state index in [0.29, 0.717) is 0 Å². The predicted molar refractivity (Wildman–Crippen MR) is 32.3 cm³/mol. The van der Waals surface area contributed by atoms with Gasteiger partial charge in [-0.3, -0.25) is 9.59 Å². The van der Waals surface area contributed by atoms with E-state index in [2.05, 4.69) is 0 Å². The van der Waals surface area contributed by atoms with Gasteiger partial charge in [0.2, 0.25) is 5.78 Å². The highest BCUT2D eigenvalue weighted by molar-refractivity contribution is 6.36. The summed E-state index contributed by atoms with van der Waals surface area (Å²) in [6, 6.07) is 0. The van der Waals surface area contributed by atoms with Gasteiger partial charge in [0.15, 0.2) is 5.78 Å². The fraction of sp³-hybridized carbons (Fsp3) is 0.667. The molecule has 0 aliphatic carbocycles. The van der Waals surface area contributed by atoms with Crippen LogP contribution in [-0.4, -0.2) is 29.5 Å². The van der Waals surface area contributed by atoms with E-state index in [9.17, 15) is 14.0 Å². The minimum absolute atomic E-state index is 0.508. The van der Waals surface area contributed by atoms with Crippen LogP contribution >= 0.6 is 0 Å². The first-order valence-electron chi connectivity index (χ1n) is 2.86. The third-order valence-electron chi connectivity index (χ3n) is 0.998. The van der Waals surface area contributed by atoms with Crippen molar-refractivity contribution in [1.82, 2.24) is 0 Å². The zero-order chi connectivity index (χ0) is 8.15. The van der Waals surface area contributed by atoms with Gasteiger partial charge >= 0.3 is 0 Å². The molecule has 0 saturated carbocycles. The maximum absolute atomic E-state index is 12.1. The number of hydrogen-bond donors (Lipinski definition) is 1. The van der Waals surface area contributed by atoms with E-state index < -0.39 is 30.8 Å². The molecule has 0 unspecified atom stereocenters. The summed E-state index contributed by atoms with van der Waals surface area (Å²) in [4.78, 5) is 20.6. The molecule has 0 amide bonds. The van der Waals surface area contributed by atoms with Crippen molar-refractivity contribution in [2.75, 3.05) is 6.61 Å². The quantitative estimate of drug-likeness (QED) is 0.565. The van der Waals surface area contributed by atoms with Gasteiger partial charge in [0, 0.05) is 13.3 Å². The number of rotatable bonds is 4. The fourth-order valence-corrected chi connectivity index (χ4v) is 0.409. The lowest BCUT2D eigenvalue weighted by Crippen LogP contribution is -2.18. The van der Waals surface area contributed by atoms with E-state index in [1.54, 1.807) is 0 Å². The van der Waals surface area contributed by atoms with Crippen molar-refractivity contribution < 1.29 is 19.1 Å². The first kappa shape index (κ1) is 9.23. The first-order valence-corrected chi connectivity index (χ1v) is 2.86. The third-order valence-corrected chi connectivity index (χ3v) is 0.998. The van der Waals surface area contributed by atoms with E-state index >= 15 is 0 Å². The number of halogens is 1. The molecule has 0 aromatic carbocycles. The molecule has 58 valence electrons. The SMILES string of the molecule is CC(=O)C(=O)C[C@H](F)CO. The summed E-state index contributed by atoms with van der Waals surface area (Å²) >= 11 is 0. The molecule has 0 rings (SSSR count). The minimum Gasteiger partial charge on any atom is -0.393 e. The summed E-state index contributed by atoms with van der Waals surface area (Å²) in [5.41, 5.74) is 0. The smallest absolute Gasteiger partial charge is 0.201 e. The molecule has 0 aliphatic rings. The Kier molecular flexibility index (Phi) is 3.79. The van der Waals surface area contributed by atoms with Gasteiger partial charge in [-0.25, -0.2) is 4.39 Å². The second-order valence-corrected chi connectivity index (χ2v) is 1.96. The van der Waals surface area contributed by atoms with Gasteiger partial charge in [-0.15, -0.1) is 0 Å². The fourth-order valence-electron chi connectivity index (χ4n) is 0.409. The van der Waals surface area contributed by atoms with Gasteiger partial charge in [0.1, 0.15) is 6.17 Å². The molecule has 0 aromatic heterocycles. The highest BCUT2D eigenvalue weighted by Crippen LogP contribution is 1.97. The molecule has 0 spiro atoms. The summed E-state index contributed by atoms with van der Waals surface area (Å²) < 4.78 is 12.1. The van der Waals surface area contributed by atoms with Crippen LogP contribution in [0.15, 0.2) is 0 Å². The second kappa shape index (κ2) is 4.11. The number of carbonyl (C=O) groups is 2. The van der Waals surface area contributed by atoms with Crippen molar-refractivity contribution in [3.8, 4) is 0 Å². The summed E-state index contributed by atoms with van der Waals surface area (Å²) in [6.45, 7) is 0.367. The van der Waals surface area contributed by atoms with Gasteiger partial charge in [0.05, 0.1) is 6.61 Å². The number of hydrogen-bond acceptors (Lipinski definition) is 3. The molecule has 0 aliphatic heterocycles. The zero-order valence-electron chi connectivity index (χ0n) is 5.63. The van der Waals surface area contributed by atoms with Crippen molar-refractivity contribution in [2.24, 2.45) is 0 Å². The average molecular weight is 148 g/mol. The lowest BCUT2D eigenvalue weighted by molar-refractivity contribution is -0.136. The van der Waals surface area contributed by atoms with Crippen molar-refractivity contribution in [2.45, 2.75) is 19.5 Å². The van der Waals surface area contributed by atoms with E-state index in [1.165, 1.54) is 0 Å². The Labute approximate surface area is 57.8 Å². The lowest BCUT2D eigenvalue weighted by atomic mass is 10.1. The molecule has 0 saturated heterocycles. The van der Waals surface area contributed by atoms with Gasteiger partial charge in [-0.1, -0.05) is 0 Å². The molecule has 4 heteroatoms. The number of aliphatic hydroxyl groups is 1. The first-order chi connectivity index (χ1) is 4.57. The Morgan fingerprint density at radius 3 is 2.40 bits per heavy atom. The normalized spacial score (nSPS) is 12.7. The number of carbonyl (C=O) groups excluding carboxylic acids is 2. The molecular weight excluding hydrogens is 139 g/mol. The third kappa shape index (κ3) is 3.29. The number of alkyl halides is 1. The van der Waals surface area contributed by atoms with Crippen molar-refractivity contribution in [3.63, 3.8) is 0 Å². The predicted octanol–water partition coefficient (Wildman–Crippen LogP) is -0.135. The summed E-state index contributed by atoms with van der Waals surface area (Å²) in [7, 11) is 0. The van der Waals surface area contributed by atoms with E-state index in [0.717, 1.165) is 6.92 Å². The highest BCUT2D eigenvalue weighted by Gasteiger charge is 2.14. The van der Waals surface area contributed by atoms with Crippen LogP contribution in [0.5, 0.6) is 0 Å². The van der Waals surface area contributed by atoms with Crippen LogP contribution in [0.1, 0.15) is 13.3 Å². The van der Waals surface area contributed by atoms with E-state index in [-0.39, 0.29) is 0 Å². The van der Waals surface area contributed by atoms with Crippen LogP contribution in [0.2, 0.25) is 0 Å². The molecular formula is C6H9FO3. The summed E-state index contributed by atoms with van der Waals surface area (Å²) in [5, 5.41) is 8.13. The van der Waals surface area contributed by atoms with Crippen LogP contribution in [0.25, 0.3) is 0 Å². The Morgan fingerprint density at radius 1 is 1.60 bits per heavy atom. The molecule has 0 radical (unpaired) electrons. The van der Waals surface area contributed by atoms with Crippen LogP contribution in [-0.2, 0) is 9.59 Å². The maximum Gasteiger partial charge on any atom is 0.201 e. The molecule has 0 aromatic rings. The van der Waals surface area contributed by atoms with Crippen LogP contribution in [0, 0.1) is 0 Å². The van der Waals surface area contributed by atoms with Crippen LogP contribution in [0.4, 0.5) is 4.39 Å². The largest absolute Gasteiger partial charge is 0.393 e. The summed E-state index contributed by atoms with van der Waals surface area (Å²) in [6.07, 6.45) is -2.11. The second-order valence-electron chi connectivity index (χ2n) is 1.96.